The van der Waals surface area contributed by atoms with Gasteiger partial charge in [-0.25, -0.2) is 0 Å². The molecule has 0 bridgehead atoms. The Labute approximate surface area is 226 Å². The molecule has 0 amide bonds. The highest BCUT2D eigenvalue weighted by molar-refractivity contribution is 5.72. The Morgan fingerprint density at radius 1 is 1.03 bits per heavy atom. The molecule has 4 rings (SSSR count). The maximum absolute atomic E-state index is 12.5. The van der Waals surface area contributed by atoms with Gasteiger partial charge in [0.1, 0.15) is 6.23 Å². The van der Waals surface area contributed by atoms with E-state index in [0.29, 0.717) is 17.6 Å². The van der Waals surface area contributed by atoms with E-state index in [-0.39, 0.29) is 12.1 Å². The fourth-order valence-corrected chi connectivity index (χ4v) is 5.94. The van der Waals surface area contributed by atoms with E-state index in [9.17, 15) is 9.90 Å². The quantitative estimate of drug-likeness (QED) is 0.352. The second-order valence-corrected chi connectivity index (χ2v) is 10.9. The molecule has 2 aromatic heterocycles. The van der Waals surface area contributed by atoms with E-state index >= 15 is 0 Å². The van der Waals surface area contributed by atoms with E-state index in [2.05, 4.69) is 65.2 Å². The van der Waals surface area contributed by atoms with Crippen molar-refractivity contribution in [3.8, 4) is 11.1 Å². The highest BCUT2D eigenvalue weighted by Crippen LogP contribution is 2.37. The van der Waals surface area contributed by atoms with Crippen LogP contribution in [-0.2, 0) is 6.54 Å². The van der Waals surface area contributed by atoms with Gasteiger partial charge in [0.2, 0.25) is 0 Å². The summed E-state index contributed by atoms with van der Waals surface area (Å²) in [5.41, 5.74) is 7.45. The van der Waals surface area contributed by atoms with Crippen LogP contribution >= 0.6 is 0 Å². The molecular formula is C31H43N5O2. The number of hydrogen-bond acceptors (Lipinski definition) is 6. The number of benzene rings is 1. The number of aryl methyl sites for hydroxylation is 2. The number of aliphatic hydroxyl groups is 1. The first kappa shape index (κ1) is 28.0. The van der Waals surface area contributed by atoms with Crippen LogP contribution in [0.1, 0.15) is 66.8 Å². The maximum atomic E-state index is 12.5. The number of anilines is 1. The molecule has 1 aromatic carbocycles. The van der Waals surface area contributed by atoms with Crippen LogP contribution in [0.25, 0.3) is 11.1 Å². The van der Waals surface area contributed by atoms with Crippen LogP contribution in [0.5, 0.6) is 0 Å². The third-order valence-corrected chi connectivity index (χ3v) is 8.18. The number of rotatable bonds is 9. The molecule has 0 radical (unpaired) electrons. The van der Waals surface area contributed by atoms with Crippen molar-refractivity contribution in [2.24, 2.45) is 0 Å². The van der Waals surface area contributed by atoms with E-state index in [1.54, 1.807) is 12.4 Å². The number of nitrogens with zero attached hydrogens (tertiary/aromatic N) is 3. The summed E-state index contributed by atoms with van der Waals surface area (Å²) in [6.07, 6.45) is 7.38. The highest BCUT2D eigenvalue weighted by Gasteiger charge is 2.28. The SMILES string of the molecule is CCN(c1cc(-c2ccncc2)cc(C(O)NCc2c(C)cc(C)[nH]c2=O)c1C)[C@H]1CC[C@H](N(C)C)CC1. The normalized spacial score (nSPS) is 18.5. The highest BCUT2D eigenvalue weighted by atomic mass is 16.3. The smallest absolute Gasteiger partial charge is 0.252 e. The van der Waals surface area contributed by atoms with Gasteiger partial charge >= 0.3 is 0 Å². The monoisotopic (exact) mass is 517 g/mol. The third-order valence-electron chi connectivity index (χ3n) is 8.18. The van der Waals surface area contributed by atoms with Gasteiger partial charge in [0.05, 0.1) is 0 Å². The molecule has 7 nitrogen and oxygen atoms in total. The van der Waals surface area contributed by atoms with Crippen LogP contribution in [0.4, 0.5) is 5.69 Å². The minimum atomic E-state index is -0.918. The molecule has 7 heteroatoms. The standard InChI is InChI=1S/C31H43N5O2/c1-7-36(26-10-8-25(9-11-26)35(5)6)29-18-24(23-12-14-32-15-13-23)17-27(22(29)4)30(37)33-19-28-20(2)16-21(3)34-31(28)38/h12-18,25-26,30,33,37H,7-11,19H2,1-6H3,(H,34,38)/t25-,26-,30?. The summed E-state index contributed by atoms with van der Waals surface area (Å²) in [4.78, 5) is 24.5. The number of aromatic nitrogens is 2. The summed E-state index contributed by atoms with van der Waals surface area (Å²) < 4.78 is 0. The van der Waals surface area contributed by atoms with E-state index < -0.39 is 6.23 Å². The topological polar surface area (TPSA) is 84.5 Å². The number of hydrogen-bond donors (Lipinski definition) is 3. The lowest BCUT2D eigenvalue weighted by molar-refractivity contribution is 0.136. The summed E-state index contributed by atoms with van der Waals surface area (Å²) in [6.45, 7) is 9.31. The molecule has 1 aliphatic carbocycles. The molecule has 0 saturated heterocycles. The zero-order valence-corrected chi connectivity index (χ0v) is 23.7. The number of aliphatic hydroxyl groups excluding tert-OH is 1. The van der Waals surface area contributed by atoms with Crippen molar-refractivity contribution in [2.45, 2.75) is 78.2 Å². The second kappa shape index (κ2) is 12.2. The summed E-state index contributed by atoms with van der Waals surface area (Å²) in [6, 6.07) is 11.4. The molecule has 204 valence electrons. The van der Waals surface area contributed by atoms with Crippen molar-refractivity contribution in [3.63, 3.8) is 0 Å². The van der Waals surface area contributed by atoms with Crippen molar-refractivity contribution in [1.82, 2.24) is 20.2 Å². The molecule has 2 heterocycles. The van der Waals surface area contributed by atoms with Crippen LogP contribution in [0, 0.1) is 20.8 Å². The Morgan fingerprint density at radius 2 is 1.68 bits per heavy atom. The number of pyridine rings is 2. The molecule has 38 heavy (non-hydrogen) atoms. The Morgan fingerprint density at radius 3 is 2.29 bits per heavy atom. The van der Waals surface area contributed by atoms with Crippen LogP contribution in [0.2, 0.25) is 0 Å². The average Bonchev–Trinajstić information content (AvgIpc) is 2.90. The second-order valence-electron chi connectivity index (χ2n) is 10.9. The van der Waals surface area contributed by atoms with E-state index in [4.69, 9.17) is 0 Å². The lowest BCUT2D eigenvalue weighted by Gasteiger charge is -2.40. The Balaban J connectivity index is 1.68. The molecule has 1 fully saturated rings. The molecule has 1 aliphatic rings. The number of nitrogens with one attached hydrogen (secondary N) is 2. The summed E-state index contributed by atoms with van der Waals surface area (Å²) in [5.74, 6) is 0. The first-order chi connectivity index (χ1) is 18.2. The zero-order chi connectivity index (χ0) is 27.4. The fourth-order valence-electron chi connectivity index (χ4n) is 5.94. The van der Waals surface area contributed by atoms with Gasteiger partial charge in [0.15, 0.2) is 0 Å². The summed E-state index contributed by atoms with van der Waals surface area (Å²) >= 11 is 0. The van der Waals surface area contributed by atoms with Gasteiger partial charge < -0.3 is 19.9 Å². The Kier molecular flexibility index (Phi) is 9.03. The molecule has 1 atom stereocenters. The van der Waals surface area contributed by atoms with Gasteiger partial charge in [-0.05, 0) is 120 Å². The summed E-state index contributed by atoms with van der Waals surface area (Å²) in [7, 11) is 4.36. The van der Waals surface area contributed by atoms with E-state index in [1.807, 2.05) is 32.0 Å². The number of aromatic amines is 1. The molecule has 0 spiro atoms. The zero-order valence-electron chi connectivity index (χ0n) is 23.7. The minimum absolute atomic E-state index is 0.115. The molecule has 3 N–H and O–H groups in total. The van der Waals surface area contributed by atoms with Gasteiger partial charge in [-0.2, -0.15) is 0 Å². The minimum Gasteiger partial charge on any atom is -0.374 e. The molecule has 1 saturated carbocycles. The fraction of sp³-hybridized carbons (Fsp3) is 0.484. The predicted molar refractivity (Wildman–Crippen MR) is 155 cm³/mol. The van der Waals surface area contributed by atoms with E-state index in [1.165, 1.54) is 12.8 Å². The maximum Gasteiger partial charge on any atom is 0.252 e. The molecule has 0 aliphatic heterocycles. The van der Waals surface area contributed by atoms with Crippen LogP contribution in [-0.4, -0.2) is 52.7 Å². The van der Waals surface area contributed by atoms with Gasteiger partial charge in [-0.1, -0.05) is 0 Å². The first-order valence-corrected chi connectivity index (χ1v) is 13.8. The molecule has 3 aromatic rings. The van der Waals surface area contributed by atoms with Gasteiger partial charge in [0, 0.05) is 60.1 Å². The van der Waals surface area contributed by atoms with Crippen LogP contribution in [0.3, 0.4) is 0 Å². The van der Waals surface area contributed by atoms with Gasteiger partial charge in [-0.15, -0.1) is 0 Å². The third kappa shape index (κ3) is 6.17. The van der Waals surface area contributed by atoms with Gasteiger partial charge in [-0.3, -0.25) is 15.1 Å². The van der Waals surface area contributed by atoms with Crippen LogP contribution in [0.15, 0.2) is 47.5 Å². The van der Waals surface area contributed by atoms with Crippen molar-refractivity contribution in [3.05, 3.63) is 81.0 Å². The Hall–Kier alpha value is -3.00. The average molecular weight is 518 g/mol. The van der Waals surface area contributed by atoms with Crippen molar-refractivity contribution in [2.75, 3.05) is 25.5 Å². The van der Waals surface area contributed by atoms with Crippen molar-refractivity contribution < 1.29 is 5.11 Å². The van der Waals surface area contributed by atoms with Crippen LogP contribution < -0.4 is 15.8 Å². The molecule has 1 unspecified atom stereocenters. The largest absolute Gasteiger partial charge is 0.374 e. The number of H-pyrrole nitrogens is 1. The lowest BCUT2D eigenvalue weighted by atomic mass is 9.88. The lowest BCUT2D eigenvalue weighted by Crippen LogP contribution is -2.42. The predicted octanol–water partition coefficient (Wildman–Crippen LogP) is 4.84. The van der Waals surface area contributed by atoms with Crippen molar-refractivity contribution in [1.29, 1.82) is 0 Å². The van der Waals surface area contributed by atoms with Crippen molar-refractivity contribution >= 4 is 5.69 Å². The first-order valence-electron chi connectivity index (χ1n) is 13.8. The Bertz CT molecular complexity index is 1280. The molecular weight excluding hydrogens is 474 g/mol. The summed E-state index contributed by atoms with van der Waals surface area (Å²) in [5, 5.41) is 14.6. The van der Waals surface area contributed by atoms with E-state index in [0.717, 1.165) is 58.6 Å². The van der Waals surface area contributed by atoms with Gasteiger partial charge in [0.25, 0.3) is 5.56 Å².